The molecule has 4 rings (SSSR count). The summed E-state index contributed by atoms with van der Waals surface area (Å²) in [5, 5.41) is 20.5. The van der Waals surface area contributed by atoms with E-state index in [1.54, 1.807) is 0 Å². The molecule has 35 heavy (non-hydrogen) atoms. The molecule has 194 valence electrons. The maximum atomic E-state index is 11.7. The molecule has 2 aliphatic heterocycles. The average molecular weight is 489 g/mol. The molecular weight excluding hydrogens is 448 g/mol. The van der Waals surface area contributed by atoms with Crippen molar-refractivity contribution >= 4 is 5.97 Å². The summed E-state index contributed by atoms with van der Waals surface area (Å²) in [7, 11) is 0. The van der Waals surface area contributed by atoms with E-state index in [-0.39, 0.29) is 31.0 Å². The second-order valence-corrected chi connectivity index (χ2v) is 9.96. The standard InChI is InChI=1S/C28H40O7/c29-22-19-24(35-27-15-7-9-17-33-27)28(21(22)18-25(30)31)23(34-26-14-6-8-16-32-26)13-5-4-12-20-10-2-1-3-11-20/h1-3,10-11,13,21-22,24,26-29H,4-9,12,14-19H2,(H,30,31)/t21-,22-,24+,26?,27?,28-/m0/s1. The van der Waals surface area contributed by atoms with Gasteiger partial charge in [-0.2, -0.15) is 0 Å². The highest BCUT2D eigenvalue weighted by molar-refractivity contribution is 5.67. The Bertz CT molecular complexity index is 799. The molecule has 0 radical (unpaired) electrons. The van der Waals surface area contributed by atoms with Crippen LogP contribution in [0.1, 0.15) is 69.8 Å². The number of hydrogen-bond donors (Lipinski definition) is 2. The largest absolute Gasteiger partial charge is 0.481 e. The minimum Gasteiger partial charge on any atom is -0.481 e. The van der Waals surface area contributed by atoms with E-state index < -0.39 is 18.0 Å². The Morgan fingerprint density at radius 2 is 1.74 bits per heavy atom. The van der Waals surface area contributed by atoms with E-state index in [9.17, 15) is 15.0 Å². The van der Waals surface area contributed by atoms with E-state index >= 15 is 0 Å². The van der Waals surface area contributed by atoms with Crippen LogP contribution in [0.3, 0.4) is 0 Å². The fraction of sp³-hybridized carbons (Fsp3) is 0.679. The summed E-state index contributed by atoms with van der Waals surface area (Å²) in [5.74, 6) is -1.06. The maximum Gasteiger partial charge on any atom is 0.303 e. The number of ether oxygens (including phenoxy) is 4. The number of carboxylic acids is 1. The van der Waals surface area contributed by atoms with Crippen LogP contribution < -0.4 is 0 Å². The third kappa shape index (κ3) is 7.78. The zero-order valence-corrected chi connectivity index (χ0v) is 20.6. The first-order valence-electron chi connectivity index (χ1n) is 13.3. The van der Waals surface area contributed by atoms with Gasteiger partial charge in [-0.3, -0.25) is 4.79 Å². The van der Waals surface area contributed by atoms with Crippen molar-refractivity contribution in [3.05, 3.63) is 47.7 Å². The Kier molecular flexibility index (Phi) is 10.0. The minimum atomic E-state index is -0.925. The fourth-order valence-corrected chi connectivity index (χ4v) is 5.50. The van der Waals surface area contributed by atoms with Gasteiger partial charge in [0, 0.05) is 31.3 Å². The van der Waals surface area contributed by atoms with Gasteiger partial charge in [-0.25, -0.2) is 0 Å². The molecule has 2 unspecified atom stereocenters. The summed E-state index contributed by atoms with van der Waals surface area (Å²) < 4.78 is 24.5. The summed E-state index contributed by atoms with van der Waals surface area (Å²) in [6.45, 7) is 1.32. The van der Waals surface area contributed by atoms with Gasteiger partial charge < -0.3 is 29.2 Å². The zero-order valence-electron chi connectivity index (χ0n) is 20.6. The Morgan fingerprint density at radius 1 is 1.03 bits per heavy atom. The molecule has 7 heteroatoms. The number of aliphatic carboxylic acids is 1. The van der Waals surface area contributed by atoms with Gasteiger partial charge in [-0.05, 0) is 63.0 Å². The summed E-state index contributed by atoms with van der Waals surface area (Å²) in [5.41, 5.74) is 1.29. The number of aliphatic hydroxyl groups is 1. The second-order valence-electron chi connectivity index (χ2n) is 9.96. The van der Waals surface area contributed by atoms with Crippen molar-refractivity contribution in [2.45, 2.75) is 95.4 Å². The van der Waals surface area contributed by atoms with E-state index in [2.05, 4.69) is 18.2 Å². The molecule has 0 aromatic heterocycles. The van der Waals surface area contributed by atoms with Crippen LogP contribution in [-0.4, -0.2) is 54.2 Å². The normalized spacial score (nSPS) is 31.9. The van der Waals surface area contributed by atoms with Crippen molar-refractivity contribution in [3.8, 4) is 0 Å². The van der Waals surface area contributed by atoms with Gasteiger partial charge in [-0.1, -0.05) is 30.3 Å². The highest BCUT2D eigenvalue weighted by Gasteiger charge is 2.48. The van der Waals surface area contributed by atoms with Gasteiger partial charge in [0.2, 0.25) is 0 Å². The molecule has 6 atom stereocenters. The molecule has 2 N–H and O–H groups in total. The average Bonchev–Trinajstić information content (AvgIpc) is 3.16. The second kappa shape index (κ2) is 13.4. The molecule has 3 aliphatic rings. The molecular formula is C28H40O7. The summed E-state index contributed by atoms with van der Waals surface area (Å²) in [4.78, 5) is 11.7. The zero-order chi connectivity index (χ0) is 24.5. The Hall–Kier alpha value is -1.93. The lowest BCUT2D eigenvalue weighted by Crippen LogP contribution is -2.35. The van der Waals surface area contributed by atoms with Crippen LogP contribution in [0.4, 0.5) is 0 Å². The Morgan fingerprint density at radius 3 is 2.40 bits per heavy atom. The molecule has 0 bridgehead atoms. The van der Waals surface area contributed by atoms with E-state index in [0.29, 0.717) is 25.4 Å². The number of allylic oxidation sites excluding steroid dienone is 1. The van der Waals surface area contributed by atoms with Gasteiger partial charge in [-0.15, -0.1) is 0 Å². The molecule has 2 heterocycles. The lowest BCUT2D eigenvalue weighted by atomic mass is 9.88. The molecule has 3 fully saturated rings. The SMILES string of the molecule is O=C(O)C[C@@H]1[C@@H](C(=CCCCc2ccccc2)OC2CCCCO2)[C@H](OC2CCCCO2)C[C@@H]1O. The van der Waals surface area contributed by atoms with Crippen molar-refractivity contribution in [2.24, 2.45) is 11.8 Å². The maximum absolute atomic E-state index is 11.7. The number of hydrogen-bond acceptors (Lipinski definition) is 6. The number of carbonyl (C=O) groups is 1. The van der Waals surface area contributed by atoms with Gasteiger partial charge in [0.25, 0.3) is 0 Å². The van der Waals surface area contributed by atoms with E-state index in [1.165, 1.54) is 5.56 Å². The molecule has 2 saturated heterocycles. The Labute approximate surface area is 208 Å². The van der Waals surface area contributed by atoms with E-state index in [0.717, 1.165) is 57.8 Å². The van der Waals surface area contributed by atoms with Crippen LogP contribution in [0, 0.1) is 11.8 Å². The van der Waals surface area contributed by atoms with Crippen molar-refractivity contribution in [1.82, 2.24) is 0 Å². The monoisotopic (exact) mass is 488 g/mol. The number of aryl methyl sites for hydroxylation is 1. The number of rotatable bonds is 11. The first kappa shape index (κ1) is 26.1. The highest BCUT2D eigenvalue weighted by atomic mass is 16.7. The molecule has 1 aliphatic carbocycles. The number of aliphatic hydroxyl groups excluding tert-OH is 1. The fourth-order valence-electron chi connectivity index (χ4n) is 5.50. The van der Waals surface area contributed by atoms with Gasteiger partial charge in [0.15, 0.2) is 12.6 Å². The van der Waals surface area contributed by atoms with Gasteiger partial charge in [0.05, 0.1) is 25.2 Å². The molecule has 7 nitrogen and oxygen atoms in total. The Balaban J connectivity index is 1.52. The molecule has 0 spiro atoms. The van der Waals surface area contributed by atoms with Gasteiger partial charge in [0.1, 0.15) is 5.76 Å². The third-order valence-electron chi connectivity index (χ3n) is 7.30. The van der Waals surface area contributed by atoms with Crippen molar-refractivity contribution in [2.75, 3.05) is 13.2 Å². The highest BCUT2D eigenvalue weighted by Crippen LogP contribution is 2.43. The van der Waals surface area contributed by atoms with Crippen LogP contribution in [0.2, 0.25) is 0 Å². The molecule has 0 amide bonds. The summed E-state index contributed by atoms with van der Waals surface area (Å²) in [6, 6.07) is 10.4. The van der Waals surface area contributed by atoms with Crippen molar-refractivity contribution in [1.29, 1.82) is 0 Å². The predicted octanol–water partition coefficient (Wildman–Crippen LogP) is 4.82. The van der Waals surface area contributed by atoms with Crippen LogP contribution in [0.5, 0.6) is 0 Å². The molecule has 1 aromatic rings. The van der Waals surface area contributed by atoms with Crippen LogP contribution in [0.15, 0.2) is 42.2 Å². The number of benzene rings is 1. The number of unbranched alkanes of at least 4 members (excludes halogenated alkanes) is 1. The minimum absolute atomic E-state index is 0.131. The quantitative estimate of drug-likeness (QED) is 0.341. The van der Waals surface area contributed by atoms with E-state index in [4.69, 9.17) is 18.9 Å². The number of carboxylic acid groups (broad SMARTS) is 1. The summed E-state index contributed by atoms with van der Waals surface area (Å²) in [6.07, 6.45) is 8.93. The van der Waals surface area contributed by atoms with Crippen LogP contribution >= 0.6 is 0 Å². The topological polar surface area (TPSA) is 94.5 Å². The first-order valence-corrected chi connectivity index (χ1v) is 13.3. The predicted molar refractivity (Wildman–Crippen MR) is 130 cm³/mol. The smallest absolute Gasteiger partial charge is 0.303 e. The lowest BCUT2D eigenvalue weighted by molar-refractivity contribution is -0.201. The lowest BCUT2D eigenvalue weighted by Gasteiger charge is -2.33. The van der Waals surface area contributed by atoms with Gasteiger partial charge >= 0.3 is 5.97 Å². The van der Waals surface area contributed by atoms with E-state index in [1.807, 2.05) is 18.2 Å². The molecule has 1 saturated carbocycles. The van der Waals surface area contributed by atoms with Crippen LogP contribution in [0.25, 0.3) is 0 Å². The first-order chi connectivity index (χ1) is 17.1. The van der Waals surface area contributed by atoms with Crippen LogP contribution in [-0.2, 0) is 30.2 Å². The third-order valence-corrected chi connectivity index (χ3v) is 7.30. The summed E-state index contributed by atoms with van der Waals surface area (Å²) >= 11 is 0. The molecule has 1 aromatic carbocycles. The van der Waals surface area contributed by atoms with Crippen molar-refractivity contribution in [3.63, 3.8) is 0 Å². The van der Waals surface area contributed by atoms with Crippen molar-refractivity contribution < 1.29 is 34.0 Å².